The van der Waals surface area contributed by atoms with E-state index in [4.69, 9.17) is 0 Å². The highest BCUT2D eigenvalue weighted by Gasteiger charge is 2.22. The number of rotatable bonds is 3. The maximum absolute atomic E-state index is 12.1. The Balaban J connectivity index is 1.84. The molecule has 0 radical (unpaired) electrons. The maximum atomic E-state index is 12.1. The third kappa shape index (κ3) is 3.32. The molecule has 1 unspecified atom stereocenters. The van der Waals surface area contributed by atoms with Crippen molar-refractivity contribution in [3.05, 3.63) is 35.9 Å². The topological polar surface area (TPSA) is 20.3 Å². The molecule has 1 atom stereocenters. The second kappa shape index (κ2) is 5.85. The lowest BCUT2D eigenvalue weighted by molar-refractivity contribution is -0.134. The number of nitrogens with zero attached hydrogens (tertiary/aromatic N) is 1. The Bertz CT molecular complexity index is 360. The van der Waals surface area contributed by atoms with E-state index in [0.717, 1.165) is 19.4 Å². The fourth-order valence-corrected chi connectivity index (χ4v) is 2.51. The zero-order valence-corrected chi connectivity index (χ0v) is 10.6. The summed E-state index contributed by atoms with van der Waals surface area (Å²) in [6, 6.07) is 10.7. The molecule has 0 N–H and O–H groups in total. The molecular weight excluding hydrogens is 210 g/mol. The molecule has 1 amide bonds. The predicted octanol–water partition coefficient (Wildman–Crippen LogP) is 3.02. The van der Waals surface area contributed by atoms with Crippen LogP contribution in [0.1, 0.15) is 38.2 Å². The molecule has 92 valence electrons. The molecule has 2 heteroatoms. The first-order valence-electron chi connectivity index (χ1n) is 6.61. The Morgan fingerprint density at radius 2 is 2.06 bits per heavy atom. The van der Waals surface area contributed by atoms with Gasteiger partial charge in [0.15, 0.2) is 0 Å². The number of carbonyl (C=O) groups excluding carboxylic acids is 1. The van der Waals surface area contributed by atoms with Crippen LogP contribution in [0.3, 0.4) is 0 Å². The van der Waals surface area contributed by atoms with Gasteiger partial charge in [0.25, 0.3) is 0 Å². The monoisotopic (exact) mass is 231 g/mol. The summed E-state index contributed by atoms with van der Waals surface area (Å²) in [7, 11) is 0. The summed E-state index contributed by atoms with van der Waals surface area (Å²) in [4.78, 5) is 14.2. The van der Waals surface area contributed by atoms with Crippen molar-refractivity contribution in [3.63, 3.8) is 0 Å². The summed E-state index contributed by atoms with van der Waals surface area (Å²) < 4.78 is 0. The fraction of sp³-hybridized carbons (Fsp3) is 0.533. The summed E-state index contributed by atoms with van der Waals surface area (Å²) in [6.07, 6.45) is 5.11. The Hall–Kier alpha value is -1.31. The van der Waals surface area contributed by atoms with Crippen LogP contribution in [0.15, 0.2) is 30.3 Å². The van der Waals surface area contributed by atoms with Crippen molar-refractivity contribution in [2.75, 3.05) is 6.54 Å². The van der Waals surface area contributed by atoms with E-state index in [1.807, 2.05) is 18.2 Å². The Morgan fingerprint density at radius 1 is 1.29 bits per heavy atom. The summed E-state index contributed by atoms with van der Waals surface area (Å²) in [5.41, 5.74) is 1.26. The van der Waals surface area contributed by atoms with Gasteiger partial charge >= 0.3 is 0 Å². The normalized spacial score (nSPS) is 20.3. The smallest absolute Gasteiger partial charge is 0.223 e. The van der Waals surface area contributed by atoms with Gasteiger partial charge in [0.1, 0.15) is 0 Å². The molecule has 0 saturated carbocycles. The van der Waals surface area contributed by atoms with E-state index in [0.29, 0.717) is 18.4 Å². The number of amides is 1. The minimum absolute atomic E-state index is 0.320. The number of benzene rings is 1. The lowest BCUT2D eigenvalue weighted by Crippen LogP contribution is -2.42. The SMILES string of the molecule is CC1CCCCN1C(=O)CCc1ccccc1. The van der Waals surface area contributed by atoms with Crippen molar-refractivity contribution in [2.24, 2.45) is 0 Å². The summed E-state index contributed by atoms with van der Waals surface area (Å²) >= 11 is 0. The van der Waals surface area contributed by atoms with Crippen molar-refractivity contribution in [1.82, 2.24) is 4.90 Å². The number of likely N-dealkylation sites (tertiary alicyclic amines) is 1. The zero-order valence-electron chi connectivity index (χ0n) is 10.6. The Labute approximate surface area is 104 Å². The van der Waals surface area contributed by atoms with Crippen LogP contribution >= 0.6 is 0 Å². The summed E-state index contributed by atoms with van der Waals surface area (Å²) in [5, 5.41) is 0. The second-order valence-corrected chi connectivity index (χ2v) is 4.92. The molecule has 1 heterocycles. The van der Waals surface area contributed by atoms with Gasteiger partial charge in [-0.2, -0.15) is 0 Å². The summed E-state index contributed by atoms with van der Waals surface area (Å²) in [6.45, 7) is 3.12. The first-order chi connectivity index (χ1) is 8.27. The number of piperidine rings is 1. The van der Waals surface area contributed by atoms with Crippen LogP contribution in [0.2, 0.25) is 0 Å². The molecule has 1 aliphatic heterocycles. The van der Waals surface area contributed by atoms with Crippen LogP contribution in [0, 0.1) is 0 Å². The molecule has 2 nitrogen and oxygen atoms in total. The van der Waals surface area contributed by atoms with E-state index in [2.05, 4.69) is 24.0 Å². The molecule has 0 aromatic heterocycles. The summed E-state index contributed by atoms with van der Waals surface area (Å²) in [5.74, 6) is 0.320. The maximum Gasteiger partial charge on any atom is 0.223 e. The molecule has 17 heavy (non-hydrogen) atoms. The number of carbonyl (C=O) groups is 1. The minimum atomic E-state index is 0.320. The average molecular weight is 231 g/mol. The molecule has 1 fully saturated rings. The first-order valence-corrected chi connectivity index (χ1v) is 6.61. The molecule has 1 aliphatic rings. The molecule has 2 rings (SSSR count). The van der Waals surface area contributed by atoms with Gasteiger partial charge in [-0.1, -0.05) is 30.3 Å². The van der Waals surface area contributed by atoms with Crippen molar-refractivity contribution in [1.29, 1.82) is 0 Å². The van der Waals surface area contributed by atoms with Gasteiger partial charge in [0.05, 0.1) is 0 Å². The van der Waals surface area contributed by atoms with Gasteiger partial charge in [0, 0.05) is 19.0 Å². The van der Waals surface area contributed by atoms with Gasteiger partial charge in [-0.25, -0.2) is 0 Å². The number of hydrogen-bond acceptors (Lipinski definition) is 1. The molecule has 1 aromatic carbocycles. The van der Waals surface area contributed by atoms with Gasteiger partial charge < -0.3 is 4.90 Å². The van der Waals surface area contributed by atoms with Gasteiger partial charge in [-0.3, -0.25) is 4.79 Å². The largest absolute Gasteiger partial charge is 0.340 e. The quantitative estimate of drug-likeness (QED) is 0.783. The van der Waals surface area contributed by atoms with E-state index < -0.39 is 0 Å². The van der Waals surface area contributed by atoms with Gasteiger partial charge in [-0.15, -0.1) is 0 Å². The van der Waals surface area contributed by atoms with E-state index >= 15 is 0 Å². The van der Waals surface area contributed by atoms with Crippen LogP contribution in [0.4, 0.5) is 0 Å². The van der Waals surface area contributed by atoms with Crippen LogP contribution < -0.4 is 0 Å². The highest BCUT2D eigenvalue weighted by molar-refractivity contribution is 5.76. The highest BCUT2D eigenvalue weighted by Crippen LogP contribution is 2.17. The van der Waals surface area contributed by atoms with Crippen LogP contribution in [-0.2, 0) is 11.2 Å². The third-order valence-corrected chi connectivity index (χ3v) is 3.59. The van der Waals surface area contributed by atoms with Crippen molar-refractivity contribution >= 4 is 5.91 Å². The standard InChI is InChI=1S/C15H21NO/c1-13-7-5-6-12-16(13)15(17)11-10-14-8-3-2-4-9-14/h2-4,8-9,13H,5-7,10-12H2,1H3. The third-order valence-electron chi connectivity index (χ3n) is 3.59. The molecule has 0 bridgehead atoms. The molecule has 1 aromatic rings. The van der Waals surface area contributed by atoms with E-state index in [-0.39, 0.29) is 0 Å². The lowest BCUT2D eigenvalue weighted by Gasteiger charge is -2.33. The number of aryl methyl sites for hydroxylation is 1. The molecule has 1 saturated heterocycles. The molecule has 0 aliphatic carbocycles. The minimum Gasteiger partial charge on any atom is -0.340 e. The lowest BCUT2D eigenvalue weighted by atomic mass is 10.0. The van der Waals surface area contributed by atoms with Crippen LogP contribution in [-0.4, -0.2) is 23.4 Å². The molecule has 0 spiro atoms. The zero-order chi connectivity index (χ0) is 12.1. The van der Waals surface area contributed by atoms with E-state index in [1.54, 1.807) is 0 Å². The van der Waals surface area contributed by atoms with Crippen molar-refractivity contribution < 1.29 is 4.79 Å². The Morgan fingerprint density at radius 3 is 2.76 bits per heavy atom. The first kappa shape index (κ1) is 12.2. The van der Waals surface area contributed by atoms with E-state index in [9.17, 15) is 4.79 Å². The average Bonchev–Trinajstić information content (AvgIpc) is 2.38. The van der Waals surface area contributed by atoms with Crippen molar-refractivity contribution in [2.45, 2.75) is 45.1 Å². The van der Waals surface area contributed by atoms with Gasteiger partial charge in [0.2, 0.25) is 5.91 Å². The van der Waals surface area contributed by atoms with Crippen molar-refractivity contribution in [3.8, 4) is 0 Å². The van der Waals surface area contributed by atoms with Gasteiger partial charge in [-0.05, 0) is 38.2 Å². The number of hydrogen-bond donors (Lipinski definition) is 0. The van der Waals surface area contributed by atoms with E-state index in [1.165, 1.54) is 18.4 Å². The predicted molar refractivity (Wildman–Crippen MR) is 69.8 cm³/mol. The van der Waals surface area contributed by atoms with Crippen LogP contribution in [0.5, 0.6) is 0 Å². The fourth-order valence-electron chi connectivity index (χ4n) is 2.51. The Kier molecular flexibility index (Phi) is 4.18. The second-order valence-electron chi connectivity index (χ2n) is 4.92. The van der Waals surface area contributed by atoms with Crippen LogP contribution in [0.25, 0.3) is 0 Å². The molecular formula is C15H21NO. The highest BCUT2D eigenvalue weighted by atomic mass is 16.2.